The van der Waals surface area contributed by atoms with Gasteiger partial charge in [0.25, 0.3) is 0 Å². The number of aryl methyl sites for hydroxylation is 1. The lowest BCUT2D eigenvalue weighted by molar-refractivity contribution is 0.0689. The Bertz CT molecular complexity index is 1200. The number of carbonyl (C=O) groups excluding carboxylic acids is 1. The highest BCUT2D eigenvalue weighted by Crippen LogP contribution is 2.45. The van der Waals surface area contributed by atoms with Crippen LogP contribution in [0.5, 0.6) is 23.0 Å². The summed E-state index contributed by atoms with van der Waals surface area (Å²) in [5, 5.41) is 41.3. The molecule has 3 rings (SSSR count). The van der Waals surface area contributed by atoms with Crippen molar-refractivity contribution in [3.63, 3.8) is 0 Å². The molecule has 0 bridgehead atoms. The average molecular weight is 509 g/mol. The van der Waals surface area contributed by atoms with Gasteiger partial charge >= 0.3 is 0 Å². The van der Waals surface area contributed by atoms with E-state index in [4.69, 9.17) is 4.74 Å². The van der Waals surface area contributed by atoms with Crippen molar-refractivity contribution in [3.8, 4) is 23.0 Å². The number of aliphatic hydroxyl groups is 1. The van der Waals surface area contributed by atoms with E-state index in [9.17, 15) is 25.2 Å². The summed E-state index contributed by atoms with van der Waals surface area (Å²) < 4.78 is 5.96. The molecule has 200 valence electrons. The lowest BCUT2D eigenvalue weighted by atomic mass is 9.92. The van der Waals surface area contributed by atoms with Crippen LogP contribution in [0.3, 0.4) is 0 Å². The van der Waals surface area contributed by atoms with Gasteiger partial charge in [0, 0.05) is 11.6 Å². The third-order valence-corrected chi connectivity index (χ3v) is 6.92. The Balaban J connectivity index is 1.65. The molecular weight excluding hydrogens is 468 g/mol. The second kappa shape index (κ2) is 11.9. The van der Waals surface area contributed by atoms with E-state index in [0.717, 1.165) is 43.2 Å². The molecule has 2 aromatic rings. The van der Waals surface area contributed by atoms with Crippen molar-refractivity contribution < 1.29 is 30.0 Å². The molecule has 6 nitrogen and oxygen atoms in total. The van der Waals surface area contributed by atoms with E-state index >= 15 is 0 Å². The predicted octanol–water partition coefficient (Wildman–Crippen LogP) is 6.97. The molecule has 37 heavy (non-hydrogen) atoms. The van der Waals surface area contributed by atoms with Gasteiger partial charge in [0.15, 0.2) is 5.78 Å². The van der Waals surface area contributed by atoms with Crippen LogP contribution in [0.15, 0.2) is 47.6 Å². The Labute approximate surface area is 219 Å². The van der Waals surface area contributed by atoms with Crippen LogP contribution in [-0.2, 0) is 6.42 Å². The van der Waals surface area contributed by atoms with Crippen molar-refractivity contribution in [2.45, 2.75) is 91.3 Å². The smallest absolute Gasteiger partial charge is 0.174 e. The fourth-order valence-electron chi connectivity index (χ4n) is 4.54. The highest BCUT2D eigenvalue weighted by Gasteiger charge is 2.32. The van der Waals surface area contributed by atoms with Crippen LogP contribution in [0.25, 0.3) is 0 Å². The molecule has 2 aromatic carbocycles. The van der Waals surface area contributed by atoms with Crippen LogP contribution >= 0.6 is 0 Å². The minimum absolute atomic E-state index is 0.0314. The van der Waals surface area contributed by atoms with Gasteiger partial charge in [-0.25, -0.2) is 0 Å². The summed E-state index contributed by atoms with van der Waals surface area (Å²) in [6.45, 7) is 9.57. The number of benzene rings is 2. The van der Waals surface area contributed by atoms with E-state index in [1.807, 2.05) is 26.8 Å². The Hall–Kier alpha value is -3.25. The van der Waals surface area contributed by atoms with Crippen LogP contribution in [0.2, 0.25) is 0 Å². The van der Waals surface area contributed by atoms with Crippen molar-refractivity contribution in [1.29, 1.82) is 0 Å². The molecule has 0 fully saturated rings. The zero-order chi connectivity index (χ0) is 27.3. The van der Waals surface area contributed by atoms with Gasteiger partial charge in [0.2, 0.25) is 0 Å². The number of allylic oxidation sites excluding steroid dienone is 4. The standard InChI is InChI=1S/C31H40O6/c1-19(10-7-15-31(4,5)36)8-6-9-20(2)11-14-23-25(33)17-28-29(30(23)35)26(34)18-27(37-28)22-13-12-21(3)24(32)16-22/h8,11-13,16-17,27,32-33,35-36H,6-7,9-10,14-15,18H2,1-5H3/b19-8+,20-11+/t27-/m0/s1. The molecule has 6 heteroatoms. The number of carbonyl (C=O) groups is 1. The third-order valence-electron chi connectivity index (χ3n) is 6.92. The molecule has 1 atom stereocenters. The van der Waals surface area contributed by atoms with Gasteiger partial charge in [-0.05, 0) is 90.3 Å². The number of Topliss-reactive ketones (excluding diaryl/α,β-unsaturated/α-hetero) is 1. The first-order valence-electron chi connectivity index (χ1n) is 13.0. The molecule has 0 amide bonds. The van der Waals surface area contributed by atoms with Gasteiger partial charge in [-0.1, -0.05) is 35.4 Å². The summed E-state index contributed by atoms with van der Waals surface area (Å²) in [4.78, 5) is 13.0. The SMILES string of the molecule is C/C(=C\Cc1c(O)cc2c(c1O)C(=O)C[C@@H](c1ccc(C)c(O)c1)O2)CC/C=C(\C)CCCC(C)(C)O. The van der Waals surface area contributed by atoms with E-state index in [1.54, 1.807) is 25.1 Å². The van der Waals surface area contributed by atoms with Gasteiger partial charge in [0.05, 0.1) is 12.0 Å². The highest BCUT2D eigenvalue weighted by molar-refractivity contribution is 6.03. The van der Waals surface area contributed by atoms with Crippen molar-refractivity contribution >= 4 is 5.78 Å². The normalized spacial score (nSPS) is 16.5. The molecule has 0 aromatic heterocycles. The first-order valence-corrected chi connectivity index (χ1v) is 13.0. The zero-order valence-corrected chi connectivity index (χ0v) is 22.6. The number of ether oxygens (including phenoxy) is 1. The number of ketones is 1. The highest BCUT2D eigenvalue weighted by atomic mass is 16.5. The summed E-state index contributed by atoms with van der Waals surface area (Å²) in [6.07, 6.45) is 8.33. The van der Waals surface area contributed by atoms with Gasteiger partial charge in [-0.15, -0.1) is 0 Å². The number of aromatic hydroxyl groups is 3. The molecule has 0 saturated heterocycles. The van der Waals surface area contributed by atoms with E-state index in [-0.39, 0.29) is 40.8 Å². The second-order valence-corrected chi connectivity index (χ2v) is 10.9. The number of hydrogen-bond acceptors (Lipinski definition) is 6. The van der Waals surface area contributed by atoms with E-state index in [1.165, 1.54) is 11.6 Å². The van der Waals surface area contributed by atoms with Gasteiger partial charge < -0.3 is 25.2 Å². The molecule has 1 aliphatic heterocycles. The van der Waals surface area contributed by atoms with E-state index < -0.39 is 11.7 Å². The monoisotopic (exact) mass is 508 g/mol. The molecule has 4 N–H and O–H groups in total. The van der Waals surface area contributed by atoms with Crippen LogP contribution in [0, 0.1) is 6.92 Å². The van der Waals surface area contributed by atoms with Crippen molar-refractivity contribution in [2.75, 3.05) is 0 Å². The van der Waals surface area contributed by atoms with Crippen molar-refractivity contribution in [1.82, 2.24) is 0 Å². The number of phenolic OH excluding ortho intramolecular Hbond substituents is 3. The summed E-state index contributed by atoms with van der Waals surface area (Å²) in [6, 6.07) is 6.53. The predicted molar refractivity (Wildman–Crippen MR) is 146 cm³/mol. The fourth-order valence-corrected chi connectivity index (χ4v) is 4.54. The van der Waals surface area contributed by atoms with E-state index in [2.05, 4.69) is 13.0 Å². The molecule has 0 spiro atoms. The Kier molecular flexibility index (Phi) is 9.08. The quantitative estimate of drug-likeness (QED) is 0.258. The number of rotatable bonds is 10. The number of hydrogen-bond donors (Lipinski definition) is 4. The van der Waals surface area contributed by atoms with Crippen LogP contribution in [-0.4, -0.2) is 31.8 Å². The molecule has 0 saturated carbocycles. The minimum Gasteiger partial charge on any atom is -0.508 e. The van der Waals surface area contributed by atoms with Crippen LogP contribution in [0.1, 0.15) is 99.4 Å². The maximum atomic E-state index is 13.0. The first kappa shape index (κ1) is 28.3. The summed E-state index contributed by atoms with van der Waals surface area (Å²) in [5.74, 6) is -0.360. The van der Waals surface area contributed by atoms with Gasteiger partial charge in [-0.2, -0.15) is 0 Å². The summed E-state index contributed by atoms with van der Waals surface area (Å²) >= 11 is 0. The molecule has 0 unspecified atom stereocenters. The first-order chi connectivity index (χ1) is 17.4. The Morgan fingerprint density at radius 2 is 1.76 bits per heavy atom. The second-order valence-electron chi connectivity index (χ2n) is 10.9. The van der Waals surface area contributed by atoms with Crippen LogP contribution < -0.4 is 4.74 Å². The average Bonchev–Trinajstić information content (AvgIpc) is 2.79. The van der Waals surface area contributed by atoms with Gasteiger partial charge in [0.1, 0.15) is 34.7 Å². The molecule has 1 heterocycles. The molecule has 0 aliphatic carbocycles. The largest absolute Gasteiger partial charge is 0.508 e. The topological polar surface area (TPSA) is 107 Å². The lowest BCUT2D eigenvalue weighted by Crippen LogP contribution is -2.21. The Morgan fingerprint density at radius 1 is 1.05 bits per heavy atom. The lowest BCUT2D eigenvalue weighted by Gasteiger charge is -2.27. The Morgan fingerprint density at radius 3 is 2.43 bits per heavy atom. The fraction of sp³-hybridized carbons (Fsp3) is 0.452. The number of fused-ring (bicyclic) bond motifs is 1. The summed E-state index contributed by atoms with van der Waals surface area (Å²) in [7, 11) is 0. The zero-order valence-electron chi connectivity index (χ0n) is 22.6. The minimum atomic E-state index is -0.628. The van der Waals surface area contributed by atoms with Gasteiger partial charge in [-0.3, -0.25) is 4.79 Å². The maximum Gasteiger partial charge on any atom is 0.174 e. The molecule has 1 aliphatic rings. The number of phenols is 3. The van der Waals surface area contributed by atoms with Crippen molar-refractivity contribution in [3.05, 3.63) is 69.8 Å². The maximum absolute atomic E-state index is 13.0. The van der Waals surface area contributed by atoms with Crippen molar-refractivity contribution in [2.24, 2.45) is 0 Å². The molecule has 0 radical (unpaired) electrons. The molecular formula is C31H40O6. The third kappa shape index (κ3) is 7.62. The van der Waals surface area contributed by atoms with E-state index in [0.29, 0.717) is 17.5 Å². The summed E-state index contributed by atoms with van der Waals surface area (Å²) in [5.41, 5.74) is 3.58. The van der Waals surface area contributed by atoms with Crippen LogP contribution in [0.4, 0.5) is 0 Å².